The van der Waals surface area contributed by atoms with Gasteiger partial charge in [0.15, 0.2) is 11.5 Å². The van der Waals surface area contributed by atoms with Crippen LogP contribution in [0, 0.1) is 10.1 Å². The normalized spacial score (nSPS) is 15.0. The summed E-state index contributed by atoms with van der Waals surface area (Å²) in [5.74, 6) is -2.04. The number of nitrogens with zero attached hydrogens (tertiary/aromatic N) is 3. The van der Waals surface area contributed by atoms with E-state index in [4.69, 9.17) is 14.2 Å². The summed E-state index contributed by atoms with van der Waals surface area (Å²) in [6.07, 6.45) is -1.17. The van der Waals surface area contributed by atoms with Crippen molar-refractivity contribution in [3.05, 3.63) is 63.7 Å². The van der Waals surface area contributed by atoms with E-state index in [0.29, 0.717) is 0 Å². The Bertz CT molecular complexity index is 1110. The molecule has 0 saturated carbocycles. The number of hydrazone groups is 1. The van der Waals surface area contributed by atoms with Crippen molar-refractivity contribution in [3.63, 3.8) is 0 Å². The highest BCUT2D eigenvalue weighted by Crippen LogP contribution is 2.41. The van der Waals surface area contributed by atoms with Gasteiger partial charge in [-0.25, -0.2) is 0 Å². The van der Waals surface area contributed by atoms with E-state index in [2.05, 4.69) is 5.10 Å². The molecule has 1 unspecified atom stereocenters. The average Bonchev–Trinajstić information content (AvgIpc) is 3.14. The molecule has 1 atom stereocenters. The van der Waals surface area contributed by atoms with Gasteiger partial charge in [-0.15, -0.1) is 5.10 Å². The summed E-state index contributed by atoms with van der Waals surface area (Å²) >= 11 is 0. The number of carbonyl (C=O) groups is 3. The number of amides is 1. The molecule has 1 amide bonds. The Morgan fingerprint density at radius 3 is 2.35 bits per heavy atom. The smallest absolute Gasteiger partial charge is 0.308 e. The van der Waals surface area contributed by atoms with E-state index in [1.165, 1.54) is 56.3 Å². The highest BCUT2D eigenvalue weighted by molar-refractivity contribution is 5.97. The first kappa shape index (κ1) is 21.4. The molecule has 160 valence electrons. The number of esters is 2. The lowest BCUT2D eigenvalue weighted by Crippen LogP contribution is -2.26. The van der Waals surface area contributed by atoms with Gasteiger partial charge >= 0.3 is 11.9 Å². The van der Waals surface area contributed by atoms with Crippen LogP contribution in [0.15, 0.2) is 47.6 Å². The third kappa shape index (κ3) is 4.66. The summed E-state index contributed by atoms with van der Waals surface area (Å²) in [4.78, 5) is 45.8. The molecule has 0 saturated heterocycles. The van der Waals surface area contributed by atoms with Crippen molar-refractivity contribution in [3.8, 4) is 11.5 Å². The summed E-state index contributed by atoms with van der Waals surface area (Å²) in [6.45, 7) is 3.59. The van der Waals surface area contributed by atoms with E-state index in [1.54, 1.807) is 0 Å². The Kier molecular flexibility index (Phi) is 5.95. The van der Waals surface area contributed by atoms with Gasteiger partial charge in [0.2, 0.25) is 18.0 Å². The predicted octanol–water partition coefficient (Wildman–Crippen LogP) is 2.68. The standard InChI is InChI=1S/C20H17N3O8/c1-11(24)22-20(31-19(21-22)14-6-4-7-15(10-14)23(27)28)16-8-5-9-17(29-12(2)25)18(16)30-13(3)26/h4-10,20H,1-3H3. The van der Waals surface area contributed by atoms with Crippen molar-refractivity contribution in [1.29, 1.82) is 0 Å². The summed E-state index contributed by atoms with van der Waals surface area (Å²) in [5.41, 5.74) is 0.278. The van der Waals surface area contributed by atoms with Gasteiger partial charge in [-0.3, -0.25) is 24.5 Å². The van der Waals surface area contributed by atoms with Crippen LogP contribution in [-0.4, -0.2) is 33.7 Å². The first-order chi connectivity index (χ1) is 14.7. The third-order valence-electron chi connectivity index (χ3n) is 4.05. The monoisotopic (exact) mass is 427 g/mol. The maximum Gasteiger partial charge on any atom is 0.308 e. The zero-order chi connectivity index (χ0) is 22.7. The molecule has 3 rings (SSSR count). The molecule has 2 aromatic carbocycles. The maximum absolute atomic E-state index is 12.2. The second-order valence-electron chi connectivity index (χ2n) is 6.41. The van der Waals surface area contributed by atoms with Crippen molar-refractivity contribution in [1.82, 2.24) is 5.01 Å². The molecule has 11 nitrogen and oxygen atoms in total. The minimum atomic E-state index is -1.17. The first-order valence-electron chi connectivity index (χ1n) is 8.97. The zero-order valence-electron chi connectivity index (χ0n) is 16.7. The number of nitro benzene ring substituents is 1. The molecule has 1 aliphatic heterocycles. The number of hydrogen-bond acceptors (Lipinski definition) is 9. The molecule has 1 aliphatic rings. The van der Waals surface area contributed by atoms with Crippen LogP contribution in [0.1, 0.15) is 38.1 Å². The van der Waals surface area contributed by atoms with Crippen molar-refractivity contribution >= 4 is 29.4 Å². The minimum absolute atomic E-state index is 0.0453. The maximum atomic E-state index is 12.2. The fourth-order valence-corrected chi connectivity index (χ4v) is 2.85. The van der Waals surface area contributed by atoms with Gasteiger partial charge in [-0.05, 0) is 18.2 Å². The van der Waals surface area contributed by atoms with Crippen molar-refractivity contribution in [2.24, 2.45) is 5.10 Å². The minimum Gasteiger partial charge on any atom is -0.446 e. The molecule has 2 aromatic rings. The summed E-state index contributed by atoms with van der Waals surface area (Å²) in [6, 6.07) is 10.00. The van der Waals surface area contributed by atoms with E-state index in [1.807, 2.05) is 0 Å². The van der Waals surface area contributed by atoms with Crippen LogP contribution < -0.4 is 9.47 Å². The van der Waals surface area contributed by atoms with Gasteiger partial charge in [0.05, 0.1) is 10.5 Å². The molecule has 0 N–H and O–H groups in total. The van der Waals surface area contributed by atoms with E-state index >= 15 is 0 Å². The fourth-order valence-electron chi connectivity index (χ4n) is 2.85. The summed E-state index contributed by atoms with van der Waals surface area (Å²) in [5, 5.41) is 16.2. The van der Waals surface area contributed by atoms with Crippen LogP contribution in [0.5, 0.6) is 11.5 Å². The third-order valence-corrected chi connectivity index (χ3v) is 4.05. The second-order valence-corrected chi connectivity index (χ2v) is 6.41. The molecule has 11 heteroatoms. The predicted molar refractivity (Wildman–Crippen MR) is 105 cm³/mol. The SMILES string of the molecule is CC(=O)Oc1cccc(C2OC(c3cccc([N+](=O)[O-])c3)=NN2C(C)=O)c1OC(C)=O. The molecular formula is C20H17N3O8. The number of carbonyl (C=O) groups excluding carboxylic acids is 3. The summed E-state index contributed by atoms with van der Waals surface area (Å²) in [7, 11) is 0. The largest absolute Gasteiger partial charge is 0.446 e. The van der Waals surface area contributed by atoms with Crippen molar-refractivity contribution < 1.29 is 33.5 Å². The molecule has 0 bridgehead atoms. The Morgan fingerprint density at radius 1 is 1.06 bits per heavy atom. The van der Waals surface area contributed by atoms with Crippen LogP contribution >= 0.6 is 0 Å². The van der Waals surface area contributed by atoms with Crippen LogP contribution in [0.3, 0.4) is 0 Å². The number of ether oxygens (including phenoxy) is 3. The van der Waals surface area contributed by atoms with Gasteiger partial charge < -0.3 is 14.2 Å². The lowest BCUT2D eigenvalue weighted by Gasteiger charge is -2.22. The van der Waals surface area contributed by atoms with Gasteiger partial charge in [-0.2, -0.15) is 5.01 Å². The first-order valence-corrected chi connectivity index (χ1v) is 8.97. The van der Waals surface area contributed by atoms with Gasteiger partial charge in [0.1, 0.15) is 0 Å². The molecule has 0 aliphatic carbocycles. The van der Waals surface area contributed by atoms with Crippen LogP contribution in [-0.2, 0) is 19.1 Å². The quantitative estimate of drug-likeness (QED) is 0.307. The van der Waals surface area contributed by atoms with Gasteiger partial charge in [0, 0.05) is 38.5 Å². The Hall–Kier alpha value is -4.28. The molecule has 31 heavy (non-hydrogen) atoms. The van der Waals surface area contributed by atoms with E-state index in [0.717, 1.165) is 11.9 Å². The zero-order valence-corrected chi connectivity index (χ0v) is 16.7. The molecule has 0 radical (unpaired) electrons. The number of rotatable bonds is 5. The van der Waals surface area contributed by atoms with Crippen molar-refractivity contribution in [2.45, 2.75) is 27.0 Å². The molecule has 0 fully saturated rings. The second kappa shape index (κ2) is 8.61. The van der Waals surface area contributed by atoms with Crippen LogP contribution in [0.2, 0.25) is 0 Å². The highest BCUT2D eigenvalue weighted by Gasteiger charge is 2.36. The fraction of sp³-hybridized carbons (Fsp3) is 0.200. The number of hydrogen-bond donors (Lipinski definition) is 0. The number of para-hydroxylation sites is 1. The van der Waals surface area contributed by atoms with Crippen molar-refractivity contribution in [2.75, 3.05) is 0 Å². The Labute approximate surface area is 176 Å². The van der Waals surface area contributed by atoms with E-state index in [-0.39, 0.29) is 34.2 Å². The van der Waals surface area contributed by atoms with Crippen LogP contribution in [0.4, 0.5) is 5.69 Å². The Balaban J connectivity index is 2.06. The highest BCUT2D eigenvalue weighted by atomic mass is 16.6. The van der Waals surface area contributed by atoms with Crippen LogP contribution in [0.25, 0.3) is 0 Å². The van der Waals surface area contributed by atoms with Gasteiger partial charge in [0.25, 0.3) is 5.69 Å². The molecule has 1 heterocycles. The van der Waals surface area contributed by atoms with E-state index < -0.39 is 29.0 Å². The number of benzene rings is 2. The average molecular weight is 427 g/mol. The van der Waals surface area contributed by atoms with E-state index in [9.17, 15) is 24.5 Å². The lowest BCUT2D eigenvalue weighted by molar-refractivity contribution is -0.384. The number of nitro groups is 1. The lowest BCUT2D eigenvalue weighted by atomic mass is 10.1. The molecule has 0 aromatic heterocycles. The van der Waals surface area contributed by atoms with Gasteiger partial charge in [-0.1, -0.05) is 12.1 Å². The molecule has 0 spiro atoms. The topological polar surface area (TPSA) is 138 Å². The number of non-ortho nitro benzene ring substituents is 1. The Morgan fingerprint density at radius 2 is 1.74 bits per heavy atom. The molecular weight excluding hydrogens is 410 g/mol. The summed E-state index contributed by atoms with van der Waals surface area (Å²) < 4.78 is 16.2.